The molecule has 2 aromatic carbocycles. The summed E-state index contributed by atoms with van der Waals surface area (Å²) in [6, 6.07) is 15.8. The van der Waals surface area contributed by atoms with Crippen LogP contribution in [0, 0.1) is 6.92 Å². The molecule has 2 amide bonds. The molecular weight excluding hydrogens is 384 g/mol. The number of amides is 2. The Bertz CT molecular complexity index is 1090. The van der Waals surface area contributed by atoms with E-state index in [1.54, 1.807) is 32.2 Å². The number of carbonyl (C=O) groups is 3. The minimum atomic E-state index is -0.482. The van der Waals surface area contributed by atoms with Gasteiger partial charge in [0.15, 0.2) is 5.69 Å². The van der Waals surface area contributed by atoms with Gasteiger partial charge < -0.3 is 15.4 Å². The molecular formula is C22H22N4O4. The Morgan fingerprint density at radius 3 is 2.47 bits per heavy atom. The lowest BCUT2D eigenvalue weighted by molar-refractivity contribution is -0.115. The Labute approximate surface area is 173 Å². The van der Waals surface area contributed by atoms with E-state index < -0.39 is 11.9 Å². The third kappa shape index (κ3) is 4.91. The lowest BCUT2D eigenvalue weighted by Gasteiger charge is -2.08. The second kappa shape index (κ2) is 9.04. The van der Waals surface area contributed by atoms with E-state index in [1.807, 2.05) is 30.3 Å². The summed E-state index contributed by atoms with van der Waals surface area (Å²) in [7, 11) is 2.94. The van der Waals surface area contributed by atoms with Crippen molar-refractivity contribution in [3.05, 3.63) is 77.0 Å². The summed E-state index contributed by atoms with van der Waals surface area (Å²) in [5.41, 5.74) is 2.56. The minimum absolute atomic E-state index is 0.132. The van der Waals surface area contributed by atoms with Crippen LogP contribution in [0.2, 0.25) is 0 Å². The summed E-state index contributed by atoms with van der Waals surface area (Å²) < 4.78 is 6.18. The maximum Gasteiger partial charge on any atom is 0.338 e. The van der Waals surface area contributed by atoms with Gasteiger partial charge in [0, 0.05) is 18.8 Å². The highest BCUT2D eigenvalue weighted by atomic mass is 16.5. The summed E-state index contributed by atoms with van der Waals surface area (Å²) in [5, 5.41) is 9.62. The van der Waals surface area contributed by atoms with Crippen molar-refractivity contribution < 1.29 is 19.1 Å². The van der Waals surface area contributed by atoms with Crippen LogP contribution in [0.4, 0.5) is 11.5 Å². The molecule has 0 aliphatic heterocycles. The van der Waals surface area contributed by atoms with Crippen molar-refractivity contribution in [3.63, 3.8) is 0 Å². The molecule has 2 N–H and O–H groups in total. The molecule has 0 atom stereocenters. The second-order valence-corrected chi connectivity index (χ2v) is 6.72. The number of benzene rings is 2. The van der Waals surface area contributed by atoms with Crippen LogP contribution < -0.4 is 10.6 Å². The van der Waals surface area contributed by atoms with Gasteiger partial charge in [-0.1, -0.05) is 36.4 Å². The maximum absolute atomic E-state index is 12.6. The largest absolute Gasteiger partial charge is 0.465 e. The highest BCUT2D eigenvalue weighted by molar-refractivity contribution is 6.04. The Kier molecular flexibility index (Phi) is 6.26. The number of methoxy groups -OCH3 is 1. The van der Waals surface area contributed by atoms with E-state index in [2.05, 4.69) is 15.7 Å². The summed E-state index contributed by atoms with van der Waals surface area (Å²) in [6.45, 7) is 1.78. The fourth-order valence-corrected chi connectivity index (χ4v) is 2.89. The molecule has 30 heavy (non-hydrogen) atoms. The number of nitrogens with zero attached hydrogens (tertiary/aromatic N) is 2. The van der Waals surface area contributed by atoms with Crippen molar-refractivity contribution in [2.24, 2.45) is 7.05 Å². The van der Waals surface area contributed by atoms with Crippen molar-refractivity contribution in [2.75, 3.05) is 17.7 Å². The summed E-state index contributed by atoms with van der Waals surface area (Å²) in [4.78, 5) is 36.7. The number of carbonyl (C=O) groups excluding carboxylic acids is 3. The molecule has 0 bridgehead atoms. The summed E-state index contributed by atoms with van der Waals surface area (Å²) >= 11 is 0. The molecule has 0 saturated carbocycles. The van der Waals surface area contributed by atoms with Crippen LogP contribution in [0.1, 0.15) is 32.0 Å². The third-order valence-electron chi connectivity index (χ3n) is 4.49. The number of anilines is 2. The van der Waals surface area contributed by atoms with Crippen molar-refractivity contribution in [1.29, 1.82) is 0 Å². The van der Waals surface area contributed by atoms with Gasteiger partial charge >= 0.3 is 5.97 Å². The van der Waals surface area contributed by atoms with Crippen LogP contribution in [-0.4, -0.2) is 34.7 Å². The number of nitrogens with one attached hydrogen (secondary N) is 2. The molecule has 0 saturated heterocycles. The Morgan fingerprint density at radius 1 is 1.03 bits per heavy atom. The van der Waals surface area contributed by atoms with E-state index >= 15 is 0 Å². The van der Waals surface area contributed by atoms with Gasteiger partial charge in [-0.3, -0.25) is 14.3 Å². The zero-order valence-corrected chi connectivity index (χ0v) is 16.9. The molecule has 0 aliphatic carbocycles. The zero-order valence-electron chi connectivity index (χ0n) is 16.9. The molecule has 8 heteroatoms. The molecule has 3 rings (SSSR count). The van der Waals surface area contributed by atoms with Crippen LogP contribution in [0.3, 0.4) is 0 Å². The fourth-order valence-electron chi connectivity index (χ4n) is 2.89. The molecule has 154 valence electrons. The van der Waals surface area contributed by atoms with Gasteiger partial charge in [0.2, 0.25) is 5.91 Å². The highest BCUT2D eigenvalue weighted by Gasteiger charge is 2.16. The number of esters is 1. The number of aromatic nitrogens is 2. The quantitative estimate of drug-likeness (QED) is 0.613. The molecule has 3 aromatic rings. The number of ether oxygens (including phenoxy) is 1. The lowest BCUT2D eigenvalue weighted by atomic mass is 10.1. The highest BCUT2D eigenvalue weighted by Crippen LogP contribution is 2.18. The topological polar surface area (TPSA) is 102 Å². The monoisotopic (exact) mass is 406 g/mol. The smallest absolute Gasteiger partial charge is 0.338 e. The molecule has 8 nitrogen and oxygen atoms in total. The predicted molar refractivity (Wildman–Crippen MR) is 112 cm³/mol. The molecule has 1 heterocycles. The lowest BCUT2D eigenvalue weighted by Crippen LogP contribution is -2.16. The van der Waals surface area contributed by atoms with Gasteiger partial charge in [-0.15, -0.1) is 0 Å². The van der Waals surface area contributed by atoms with E-state index in [1.165, 1.54) is 17.9 Å². The maximum atomic E-state index is 12.6. The van der Waals surface area contributed by atoms with E-state index in [4.69, 9.17) is 4.74 Å². The Hall–Kier alpha value is -3.94. The number of aryl methyl sites for hydroxylation is 2. The average Bonchev–Trinajstić information content (AvgIpc) is 3.10. The van der Waals surface area contributed by atoms with E-state index in [0.717, 1.165) is 11.1 Å². The SMILES string of the molecule is COC(=O)c1cc(NC(=O)c2cc(NC(=O)Cc3ccccc3)n(C)n2)ccc1C. The van der Waals surface area contributed by atoms with Crippen LogP contribution >= 0.6 is 0 Å². The Morgan fingerprint density at radius 2 is 1.77 bits per heavy atom. The first-order valence-electron chi connectivity index (χ1n) is 9.25. The van der Waals surface area contributed by atoms with Crippen molar-refractivity contribution in [3.8, 4) is 0 Å². The summed E-state index contributed by atoms with van der Waals surface area (Å²) in [6.07, 6.45) is 0.215. The standard InChI is InChI=1S/C22H22N4O4/c1-14-9-10-16(12-17(14)22(29)30-3)23-21(28)18-13-19(26(2)25-18)24-20(27)11-15-7-5-4-6-8-15/h4-10,12-13H,11H2,1-3H3,(H,23,28)(H,24,27). The van der Waals surface area contributed by atoms with Crippen LogP contribution in [0.25, 0.3) is 0 Å². The molecule has 0 fully saturated rings. The van der Waals surface area contributed by atoms with Crippen LogP contribution in [0.5, 0.6) is 0 Å². The normalized spacial score (nSPS) is 10.4. The van der Waals surface area contributed by atoms with E-state index in [0.29, 0.717) is 17.1 Å². The molecule has 0 spiro atoms. The van der Waals surface area contributed by atoms with Gasteiger partial charge in [-0.2, -0.15) is 5.10 Å². The molecule has 0 aliphatic rings. The summed E-state index contributed by atoms with van der Waals surface area (Å²) in [5.74, 6) is -0.753. The van der Waals surface area contributed by atoms with Gasteiger partial charge in [0.25, 0.3) is 5.91 Å². The van der Waals surface area contributed by atoms with Gasteiger partial charge in [0.05, 0.1) is 19.1 Å². The van der Waals surface area contributed by atoms with Gasteiger partial charge in [-0.25, -0.2) is 4.79 Å². The minimum Gasteiger partial charge on any atom is -0.465 e. The van der Waals surface area contributed by atoms with Crippen molar-refractivity contribution in [2.45, 2.75) is 13.3 Å². The number of hydrogen-bond donors (Lipinski definition) is 2. The second-order valence-electron chi connectivity index (χ2n) is 6.72. The van der Waals surface area contributed by atoms with Crippen LogP contribution in [0.15, 0.2) is 54.6 Å². The first-order valence-corrected chi connectivity index (χ1v) is 9.25. The van der Waals surface area contributed by atoms with E-state index in [-0.39, 0.29) is 18.0 Å². The first-order chi connectivity index (χ1) is 14.4. The number of rotatable bonds is 6. The van der Waals surface area contributed by atoms with Gasteiger partial charge in [0.1, 0.15) is 5.82 Å². The first kappa shape index (κ1) is 20.8. The van der Waals surface area contributed by atoms with Crippen LogP contribution in [-0.2, 0) is 23.0 Å². The average molecular weight is 406 g/mol. The molecule has 0 unspecified atom stereocenters. The van der Waals surface area contributed by atoms with E-state index in [9.17, 15) is 14.4 Å². The molecule has 0 radical (unpaired) electrons. The Balaban J connectivity index is 1.69. The third-order valence-corrected chi connectivity index (χ3v) is 4.49. The fraction of sp³-hybridized carbons (Fsp3) is 0.182. The predicted octanol–water partition coefficient (Wildman–Crippen LogP) is 2.95. The molecule has 1 aromatic heterocycles. The van der Waals surface area contributed by atoms with Crippen molar-refractivity contribution >= 4 is 29.3 Å². The van der Waals surface area contributed by atoms with Gasteiger partial charge in [-0.05, 0) is 30.2 Å². The number of hydrogen-bond acceptors (Lipinski definition) is 5. The van der Waals surface area contributed by atoms with Crippen molar-refractivity contribution in [1.82, 2.24) is 9.78 Å². The zero-order chi connectivity index (χ0) is 21.7.